The van der Waals surface area contributed by atoms with E-state index in [1.165, 1.54) is 0 Å². The molecule has 3 rings (SSSR count). The van der Waals surface area contributed by atoms with Crippen molar-refractivity contribution < 1.29 is 19.4 Å². The van der Waals surface area contributed by atoms with Crippen LogP contribution in [0.4, 0.5) is 0 Å². The van der Waals surface area contributed by atoms with Crippen molar-refractivity contribution in [3.8, 4) is 11.5 Å². The van der Waals surface area contributed by atoms with Crippen molar-refractivity contribution in [3.05, 3.63) is 23.8 Å². The molecular formula is C17H23NO4. The van der Waals surface area contributed by atoms with E-state index in [-0.39, 0.29) is 18.1 Å². The molecule has 5 heteroatoms. The molecule has 22 heavy (non-hydrogen) atoms. The lowest BCUT2D eigenvalue weighted by molar-refractivity contribution is -0.136. The van der Waals surface area contributed by atoms with Gasteiger partial charge in [-0.1, -0.05) is 12.1 Å². The second-order valence-electron chi connectivity index (χ2n) is 6.71. The minimum atomic E-state index is -0.414. The Labute approximate surface area is 130 Å². The average Bonchev–Trinajstić information content (AvgIpc) is 2.79. The molecule has 0 aliphatic carbocycles. The SMILES string of the molecule is CC1(C)Cc2cccc(OCC(=O)N3CCCC(O)C3)c2O1. The molecule has 1 aromatic carbocycles. The number of likely N-dealkylation sites (tertiary alicyclic amines) is 1. The van der Waals surface area contributed by atoms with Crippen LogP contribution in [0.1, 0.15) is 32.3 Å². The molecule has 0 spiro atoms. The van der Waals surface area contributed by atoms with Gasteiger partial charge in [-0.2, -0.15) is 0 Å². The van der Waals surface area contributed by atoms with Gasteiger partial charge in [0.25, 0.3) is 5.91 Å². The van der Waals surface area contributed by atoms with E-state index in [9.17, 15) is 9.90 Å². The van der Waals surface area contributed by atoms with Gasteiger partial charge in [0.05, 0.1) is 6.10 Å². The molecule has 1 atom stereocenters. The van der Waals surface area contributed by atoms with Gasteiger partial charge in [-0.3, -0.25) is 4.79 Å². The number of fused-ring (bicyclic) bond motifs is 1. The maximum absolute atomic E-state index is 12.2. The molecule has 2 aliphatic heterocycles. The van der Waals surface area contributed by atoms with Crippen LogP contribution in [0.3, 0.4) is 0 Å². The number of aliphatic hydroxyl groups excluding tert-OH is 1. The number of rotatable bonds is 3. The van der Waals surface area contributed by atoms with Crippen molar-refractivity contribution in [2.75, 3.05) is 19.7 Å². The van der Waals surface area contributed by atoms with Crippen molar-refractivity contribution >= 4 is 5.91 Å². The zero-order valence-corrected chi connectivity index (χ0v) is 13.2. The molecule has 1 N–H and O–H groups in total. The first-order valence-corrected chi connectivity index (χ1v) is 7.84. The Balaban J connectivity index is 1.63. The van der Waals surface area contributed by atoms with Crippen molar-refractivity contribution in [2.24, 2.45) is 0 Å². The largest absolute Gasteiger partial charge is 0.483 e. The quantitative estimate of drug-likeness (QED) is 0.924. The first-order chi connectivity index (χ1) is 10.4. The van der Waals surface area contributed by atoms with E-state index in [0.717, 1.165) is 30.6 Å². The molecule has 1 aromatic rings. The highest BCUT2D eigenvalue weighted by Gasteiger charge is 2.32. The van der Waals surface area contributed by atoms with E-state index in [0.29, 0.717) is 18.8 Å². The molecule has 0 radical (unpaired) electrons. The molecule has 0 bridgehead atoms. The first kappa shape index (κ1) is 15.2. The Morgan fingerprint density at radius 2 is 2.32 bits per heavy atom. The van der Waals surface area contributed by atoms with Crippen LogP contribution >= 0.6 is 0 Å². The minimum Gasteiger partial charge on any atom is -0.483 e. The van der Waals surface area contributed by atoms with Gasteiger partial charge in [-0.25, -0.2) is 0 Å². The predicted octanol–water partition coefficient (Wildman–Crippen LogP) is 1.76. The number of carbonyl (C=O) groups excluding carboxylic acids is 1. The normalized spacial score (nSPS) is 22.9. The molecule has 1 fully saturated rings. The van der Waals surface area contributed by atoms with Crippen LogP contribution in [0, 0.1) is 0 Å². The fraction of sp³-hybridized carbons (Fsp3) is 0.588. The summed E-state index contributed by atoms with van der Waals surface area (Å²) in [5.74, 6) is 1.28. The van der Waals surface area contributed by atoms with Crippen LogP contribution in [0.2, 0.25) is 0 Å². The Hall–Kier alpha value is -1.75. The third-order valence-corrected chi connectivity index (χ3v) is 4.16. The lowest BCUT2D eigenvalue weighted by Crippen LogP contribution is -2.44. The number of aliphatic hydroxyl groups is 1. The number of para-hydroxylation sites is 1. The summed E-state index contributed by atoms with van der Waals surface area (Å²) in [7, 11) is 0. The highest BCUT2D eigenvalue weighted by Crippen LogP contribution is 2.41. The van der Waals surface area contributed by atoms with Gasteiger partial charge in [0.1, 0.15) is 5.60 Å². The molecule has 2 heterocycles. The van der Waals surface area contributed by atoms with Gasteiger partial charge in [0.2, 0.25) is 0 Å². The average molecular weight is 305 g/mol. The van der Waals surface area contributed by atoms with E-state index >= 15 is 0 Å². The second-order valence-corrected chi connectivity index (χ2v) is 6.71. The summed E-state index contributed by atoms with van der Waals surface area (Å²) in [6.45, 7) is 5.15. The van der Waals surface area contributed by atoms with Gasteiger partial charge < -0.3 is 19.5 Å². The minimum absolute atomic E-state index is 0.0209. The summed E-state index contributed by atoms with van der Waals surface area (Å²) in [6, 6.07) is 5.78. The van der Waals surface area contributed by atoms with Gasteiger partial charge in [-0.15, -0.1) is 0 Å². The smallest absolute Gasteiger partial charge is 0.260 e. The number of amides is 1. The third kappa shape index (κ3) is 3.19. The lowest BCUT2D eigenvalue weighted by atomic mass is 10.0. The van der Waals surface area contributed by atoms with E-state index < -0.39 is 6.10 Å². The van der Waals surface area contributed by atoms with E-state index in [1.54, 1.807) is 4.90 Å². The summed E-state index contributed by atoms with van der Waals surface area (Å²) in [5, 5.41) is 9.64. The predicted molar refractivity (Wildman–Crippen MR) is 82.2 cm³/mol. The number of nitrogens with zero attached hydrogens (tertiary/aromatic N) is 1. The molecule has 1 amide bonds. The standard InChI is InChI=1S/C17H23NO4/c1-17(2)9-12-5-3-7-14(16(12)22-17)21-11-15(20)18-8-4-6-13(19)10-18/h3,5,7,13,19H,4,6,8-11H2,1-2H3. The maximum atomic E-state index is 12.2. The topological polar surface area (TPSA) is 59.0 Å². The summed E-state index contributed by atoms with van der Waals surface area (Å²) in [6.07, 6.45) is 2.03. The van der Waals surface area contributed by atoms with Crippen LogP contribution in [0.15, 0.2) is 18.2 Å². The Bertz CT molecular complexity index is 570. The van der Waals surface area contributed by atoms with E-state index in [2.05, 4.69) is 0 Å². The molecular weight excluding hydrogens is 282 g/mol. The number of hydrogen-bond acceptors (Lipinski definition) is 4. The van der Waals surface area contributed by atoms with Crippen molar-refractivity contribution in [2.45, 2.75) is 44.8 Å². The molecule has 1 saturated heterocycles. The monoisotopic (exact) mass is 305 g/mol. The third-order valence-electron chi connectivity index (χ3n) is 4.16. The van der Waals surface area contributed by atoms with Crippen LogP contribution in [-0.2, 0) is 11.2 Å². The van der Waals surface area contributed by atoms with Crippen LogP contribution in [-0.4, -0.2) is 47.3 Å². The maximum Gasteiger partial charge on any atom is 0.260 e. The highest BCUT2D eigenvalue weighted by atomic mass is 16.5. The first-order valence-electron chi connectivity index (χ1n) is 7.84. The number of carbonyl (C=O) groups is 1. The van der Waals surface area contributed by atoms with Gasteiger partial charge in [0, 0.05) is 25.1 Å². The van der Waals surface area contributed by atoms with Crippen LogP contribution in [0.5, 0.6) is 11.5 Å². The molecule has 0 saturated carbocycles. The molecule has 5 nitrogen and oxygen atoms in total. The summed E-state index contributed by atoms with van der Waals surface area (Å²) >= 11 is 0. The number of piperidine rings is 1. The zero-order chi connectivity index (χ0) is 15.7. The molecule has 0 aromatic heterocycles. The number of β-amino-alcohol motifs (C(OH)–C–C–N with tert-alkyl or cyclic N) is 1. The summed E-state index contributed by atoms with van der Waals surface area (Å²) < 4.78 is 11.6. The Kier molecular flexibility index (Phi) is 4.00. The summed E-state index contributed by atoms with van der Waals surface area (Å²) in [4.78, 5) is 13.9. The number of hydrogen-bond donors (Lipinski definition) is 1. The van der Waals surface area contributed by atoms with Gasteiger partial charge in [-0.05, 0) is 32.8 Å². The second kappa shape index (κ2) is 5.80. The van der Waals surface area contributed by atoms with E-state index in [1.807, 2.05) is 32.0 Å². The summed E-state index contributed by atoms with van der Waals surface area (Å²) in [5.41, 5.74) is 0.881. The van der Waals surface area contributed by atoms with Crippen LogP contribution in [0.25, 0.3) is 0 Å². The number of benzene rings is 1. The molecule has 1 unspecified atom stereocenters. The van der Waals surface area contributed by atoms with Gasteiger partial charge in [0.15, 0.2) is 18.1 Å². The van der Waals surface area contributed by atoms with Crippen molar-refractivity contribution in [1.82, 2.24) is 4.90 Å². The molecule has 2 aliphatic rings. The molecule has 120 valence electrons. The Morgan fingerprint density at radius 1 is 1.50 bits per heavy atom. The van der Waals surface area contributed by atoms with Crippen molar-refractivity contribution in [3.63, 3.8) is 0 Å². The number of ether oxygens (including phenoxy) is 2. The highest BCUT2D eigenvalue weighted by molar-refractivity contribution is 5.78. The fourth-order valence-electron chi connectivity index (χ4n) is 3.11. The lowest BCUT2D eigenvalue weighted by Gasteiger charge is -2.30. The van der Waals surface area contributed by atoms with Crippen LogP contribution < -0.4 is 9.47 Å². The zero-order valence-electron chi connectivity index (χ0n) is 13.2. The fourth-order valence-corrected chi connectivity index (χ4v) is 3.11. The van der Waals surface area contributed by atoms with E-state index in [4.69, 9.17) is 9.47 Å². The van der Waals surface area contributed by atoms with Gasteiger partial charge >= 0.3 is 0 Å². The Morgan fingerprint density at radius 3 is 3.09 bits per heavy atom. The van der Waals surface area contributed by atoms with Crippen molar-refractivity contribution in [1.29, 1.82) is 0 Å².